The van der Waals surface area contributed by atoms with Crippen LogP contribution in [0.15, 0.2) is 53.1 Å². The van der Waals surface area contributed by atoms with Crippen LogP contribution in [0.2, 0.25) is 0 Å². The first-order valence-electron chi connectivity index (χ1n) is 11.1. The summed E-state index contributed by atoms with van der Waals surface area (Å²) in [4.78, 5) is 32.9. The molecular weight excluding hydrogens is 420 g/mol. The second kappa shape index (κ2) is 9.74. The second-order valence-electron chi connectivity index (χ2n) is 8.75. The average Bonchev–Trinajstić information content (AvgIpc) is 3.43. The van der Waals surface area contributed by atoms with Crippen LogP contribution in [-0.2, 0) is 17.9 Å². The van der Waals surface area contributed by atoms with Crippen molar-refractivity contribution in [2.75, 3.05) is 13.1 Å². The molecule has 0 saturated carbocycles. The first-order chi connectivity index (χ1) is 15.4. The van der Waals surface area contributed by atoms with E-state index in [0.29, 0.717) is 31.7 Å². The molecule has 0 radical (unpaired) electrons. The van der Waals surface area contributed by atoms with E-state index in [0.717, 1.165) is 34.6 Å². The molecule has 0 N–H and O–H groups in total. The molecule has 2 amide bonds. The first-order valence-corrected chi connectivity index (χ1v) is 11.9. The fraction of sp³-hybridized carbons (Fsp3) is 0.385. The maximum atomic E-state index is 13.6. The summed E-state index contributed by atoms with van der Waals surface area (Å²) >= 11 is 1.71. The summed E-state index contributed by atoms with van der Waals surface area (Å²) in [5, 5.41) is 0. The van der Waals surface area contributed by atoms with E-state index in [1.165, 1.54) is 4.88 Å². The summed E-state index contributed by atoms with van der Waals surface area (Å²) in [7, 11) is 0. The zero-order chi connectivity index (χ0) is 22.7. The van der Waals surface area contributed by atoms with Crippen LogP contribution < -0.4 is 0 Å². The summed E-state index contributed by atoms with van der Waals surface area (Å²) in [5.74, 6) is 0.673. The summed E-state index contributed by atoms with van der Waals surface area (Å²) in [6, 6.07) is 13.8. The molecule has 32 heavy (non-hydrogen) atoms. The molecule has 6 heteroatoms. The van der Waals surface area contributed by atoms with Crippen molar-refractivity contribution in [3.8, 4) is 0 Å². The van der Waals surface area contributed by atoms with Crippen molar-refractivity contribution in [3.05, 3.63) is 80.9 Å². The van der Waals surface area contributed by atoms with Gasteiger partial charge in [0, 0.05) is 28.4 Å². The molecule has 0 spiro atoms. The van der Waals surface area contributed by atoms with Crippen LogP contribution in [0.1, 0.15) is 49.8 Å². The number of carbonyl (C=O) groups excluding carboxylic acids is 2. The molecule has 1 atom stereocenters. The average molecular weight is 451 g/mol. The minimum atomic E-state index is -0.199. The van der Waals surface area contributed by atoms with Crippen LogP contribution in [0.5, 0.6) is 0 Å². The van der Waals surface area contributed by atoms with Crippen LogP contribution >= 0.6 is 11.3 Å². The minimum absolute atomic E-state index is 0.0146. The SMILES string of the molecule is Cc1cc(C)cc(C(=O)N2CCCC(C(=O)N(Cc3ccco3)Cc3ccc(C)s3)C2)c1. The topological polar surface area (TPSA) is 53.8 Å². The number of nitrogens with zero attached hydrogens (tertiary/aromatic N) is 2. The van der Waals surface area contributed by atoms with Gasteiger partial charge in [-0.2, -0.15) is 0 Å². The predicted molar refractivity (Wildman–Crippen MR) is 127 cm³/mol. The van der Waals surface area contributed by atoms with Crippen molar-refractivity contribution in [1.82, 2.24) is 9.80 Å². The van der Waals surface area contributed by atoms with E-state index in [1.54, 1.807) is 17.6 Å². The zero-order valence-electron chi connectivity index (χ0n) is 19.0. The molecule has 2 aromatic heterocycles. The molecule has 1 fully saturated rings. The Labute approximate surface area is 193 Å². The molecule has 0 bridgehead atoms. The van der Waals surface area contributed by atoms with Gasteiger partial charge in [-0.3, -0.25) is 9.59 Å². The van der Waals surface area contributed by atoms with Crippen molar-refractivity contribution in [2.45, 2.75) is 46.7 Å². The maximum absolute atomic E-state index is 13.6. The molecule has 1 saturated heterocycles. The van der Waals surface area contributed by atoms with Crippen LogP contribution in [0.3, 0.4) is 0 Å². The fourth-order valence-corrected chi connectivity index (χ4v) is 5.37. The van der Waals surface area contributed by atoms with Crippen molar-refractivity contribution >= 4 is 23.2 Å². The Morgan fingerprint density at radius 1 is 1.09 bits per heavy atom. The third-order valence-corrected chi connectivity index (χ3v) is 6.89. The number of thiophene rings is 1. The Hall–Kier alpha value is -2.86. The number of piperidine rings is 1. The maximum Gasteiger partial charge on any atom is 0.253 e. The number of furan rings is 1. The molecular formula is C26H30N2O3S. The highest BCUT2D eigenvalue weighted by Gasteiger charge is 2.32. The number of likely N-dealkylation sites (tertiary alicyclic amines) is 1. The third kappa shape index (κ3) is 5.30. The second-order valence-corrected chi connectivity index (χ2v) is 10.1. The quantitative estimate of drug-likeness (QED) is 0.509. The molecule has 1 aliphatic heterocycles. The lowest BCUT2D eigenvalue weighted by molar-refractivity contribution is -0.138. The molecule has 3 heterocycles. The van der Waals surface area contributed by atoms with E-state index in [-0.39, 0.29) is 17.7 Å². The van der Waals surface area contributed by atoms with Gasteiger partial charge in [0.05, 0.1) is 25.3 Å². The van der Waals surface area contributed by atoms with Gasteiger partial charge in [0.2, 0.25) is 5.91 Å². The van der Waals surface area contributed by atoms with Crippen LogP contribution in [-0.4, -0.2) is 34.7 Å². The number of carbonyl (C=O) groups is 2. The first kappa shape index (κ1) is 22.3. The normalized spacial score (nSPS) is 16.2. The summed E-state index contributed by atoms with van der Waals surface area (Å²) in [6.45, 7) is 8.23. The number of amides is 2. The lowest BCUT2D eigenvalue weighted by atomic mass is 9.95. The van der Waals surface area contributed by atoms with Crippen molar-refractivity contribution < 1.29 is 14.0 Å². The molecule has 3 aromatic rings. The van der Waals surface area contributed by atoms with E-state index in [9.17, 15) is 9.59 Å². The van der Waals surface area contributed by atoms with Crippen LogP contribution in [0.4, 0.5) is 0 Å². The van der Waals surface area contributed by atoms with E-state index in [1.807, 2.05) is 47.9 Å². The lowest BCUT2D eigenvalue weighted by Gasteiger charge is -2.35. The van der Waals surface area contributed by atoms with E-state index < -0.39 is 0 Å². The molecule has 0 aliphatic carbocycles. The smallest absolute Gasteiger partial charge is 0.253 e. The van der Waals surface area contributed by atoms with E-state index in [4.69, 9.17) is 4.42 Å². The van der Waals surface area contributed by atoms with Gasteiger partial charge in [-0.1, -0.05) is 17.2 Å². The standard InChI is InChI=1S/C26H30N2O3S/c1-18-12-19(2)14-22(13-18)26(30)27-10-4-6-21(15-27)25(29)28(16-23-7-5-11-31-23)17-24-9-8-20(3)32-24/h5,7-9,11-14,21H,4,6,10,15-17H2,1-3H3. The highest BCUT2D eigenvalue weighted by molar-refractivity contribution is 7.11. The van der Waals surface area contributed by atoms with E-state index >= 15 is 0 Å². The predicted octanol–water partition coefficient (Wildman–Crippen LogP) is 5.35. The third-order valence-electron chi connectivity index (χ3n) is 5.91. The van der Waals surface area contributed by atoms with Gasteiger partial charge in [-0.25, -0.2) is 0 Å². The van der Waals surface area contributed by atoms with Gasteiger partial charge in [0.25, 0.3) is 5.91 Å². The number of rotatable bonds is 6. The number of hydrogen-bond acceptors (Lipinski definition) is 4. The molecule has 168 valence electrons. The Balaban J connectivity index is 1.50. The van der Waals surface area contributed by atoms with Gasteiger partial charge in [-0.15, -0.1) is 11.3 Å². The summed E-state index contributed by atoms with van der Waals surface area (Å²) in [5.41, 5.74) is 2.86. The summed E-state index contributed by atoms with van der Waals surface area (Å²) < 4.78 is 5.53. The Morgan fingerprint density at radius 3 is 2.53 bits per heavy atom. The molecule has 4 rings (SSSR count). The Kier molecular flexibility index (Phi) is 6.80. The van der Waals surface area contributed by atoms with Crippen LogP contribution in [0.25, 0.3) is 0 Å². The molecule has 1 aliphatic rings. The number of benzene rings is 1. The van der Waals surface area contributed by atoms with Crippen molar-refractivity contribution in [1.29, 1.82) is 0 Å². The highest BCUT2D eigenvalue weighted by atomic mass is 32.1. The molecule has 1 unspecified atom stereocenters. The van der Waals surface area contributed by atoms with E-state index in [2.05, 4.69) is 25.1 Å². The fourth-order valence-electron chi connectivity index (χ4n) is 4.46. The monoisotopic (exact) mass is 450 g/mol. The number of hydrogen-bond donors (Lipinski definition) is 0. The van der Waals surface area contributed by atoms with Crippen molar-refractivity contribution in [2.24, 2.45) is 5.92 Å². The lowest BCUT2D eigenvalue weighted by Crippen LogP contribution is -2.46. The van der Waals surface area contributed by atoms with Crippen LogP contribution in [0, 0.1) is 26.7 Å². The van der Waals surface area contributed by atoms with Crippen molar-refractivity contribution in [3.63, 3.8) is 0 Å². The Bertz CT molecular complexity index is 1070. The van der Waals surface area contributed by atoms with Gasteiger partial charge < -0.3 is 14.2 Å². The van der Waals surface area contributed by atoms with Gasteiger partial charge in [0.15, 0.2) is 0 Å². The molecule has 1 aromatic carbocycles. The summed E-state index contributed by atoms with van der Waals surface area (Å²) in [6.07, 6.45) is 3.27. The minimum Gasteiger partial charge on any atom is -0.467 e. The van der Waals surface area contributed by atoms with Gasteiger partial charge in [-0.05, 0) is 70.0 Å². The largest absolute Gasteiger partial charge is 0.467 e. The zero-order valence-corrected chi connectivity index (χ0v) is 19.8. The number of aryl methyl sites for hydroxylation is 3. The highest BCUT2D eigenvalue weighted by Crippen LogP contribution is 2.25. The van der Waals surface area contributed by atoms with Gasteiger partial charge >= 0.3 is 0 Å². The van der Waals surface area contributed by atoms with Gasteiger partial charge in [0.1, 0.15) is 5.76 Å². The molecule has 5 nitrogen and oxygen atoms in total. The Morgan fingerprint density at radius 2 is 1.88 bits per heavy atom.